The van der Waals surface area contributed by atoms with E-state index >= 15 is 0 Å². The zero-order valence-electron chi connectivity index (χ0n) is 13.3. The maximum absolute atomic E-state index is 11.5. The first-order chi connectivity index (χ1) is 11.0. The molecule has 0 saturated heterocycles. The molecule has 0 spiro atoms. The first-order valence-corrected chi connectivity index (χ1v) is 7.80. The summed E-state index contributed by atoms with van der Waals surface area (Å²) in [6.45, 7) is 1.21. The van der Waals surface area contributed by atoms with E-state index in [9.17, 15) is 9.90 Å². The molecule has 0 heterocycles. The zero-order chi connectivity index (χ0) is 16.8. The number of nitrogens with zero attached hydrogens (tertiary/aromatic N) is 1. The molecule has 0 aliphatic heterocycles. The summed E-state index contributed by atoms with van der Waals surface area (Å²) in [4.78, 5) is 13.5. The molecular formula is C18H21ClN2O2. The molecule has 0 aliphatic carbocycles. The fourth-order valence-corrected chi connectivity index (χ4v) is 2.49. The van der Waals surface area contributed by atoms with Gasteiger partial charge in [0.15, 0.2) is 0 Å². The molecule has 0 saturated carbocycles. The van der Waals surface area contributed by atoms with E-state index in [2.05, 4.69) is 5.32 Å². The average molecular weight is 333 g/mol. The van der Waals surface area contributed by atoms with Crippen molar-refractivity contribution in [2.24, 2.45) is 0 Å². The van der Waals surface area contributed by atoms with Crippen LogP contribution in [0.5, 0.6) is 0 Å². The number of likely N-dealkylation sites (N-methyl/N-ethyl adjacent to an activating group) is 1. The number of aliphatic hydroxyl groups excluding tert-OH is 1. The predicted molar refractivity (Wildman–Crippen MR) is 92.6 cm³/mol. The monoisotopic (exact) mass is 332 g/mol. The number of nitrogens with one attached hydrogen (secondary N) is 1. The molecule has 2 N–H and O–H groups in total. The van der Waals surface area contributed by atoms with E-state index in [1.165, 1.54) is 0 Å². The van der Waals surface area contributed by atoms with Gasteiger partial charge in [0.25, 0.3) is 5.91 Å². The number of halogens is 1. The fourth-order valence-electron chi connectivity index (χ4n) is 2.37. The van der Waals surface area contributed by atoms with E-state index in [1.54, 1.807) is 31.3 Å². The molecule has 1 unspecified atom stereocenters. The maximum Gasteiger partial charge on any atom is 0.251 e. The van der Waals surface area contributed by atoms with Gasteiger partial charge in [0.1, 0.15) is 0 Å². The van der Waals surface area contributed by atoms with Gasteiger partial charge in [-0.25, -0.2) is 0 Å². The highest BCUT2D eigenvalue weighted by molar-refractivity contribution is 6.30. The molecule has 2 rings (SSSR count). The number of hydrogen-bond acceptors (Lipinski definition) is 3. The van der Waals surface area contributed by atoms with Crippen molar-refractivity contribution in [3.05, 3.63) is 70.2 Å². The summed E-state index contributed by atoms with van der Waals surface area (Å²) in [5, 5.41) is 13.5. The lowest BCUT2D eigenvalue weighted by molar-refractivity contribution is 0.0963. The largest absolute Gasteiger partial charge is 0.387 e. The van der Waals surface area contributed by atoms with Crippen molar-refractivity contribution in [3.63, 3.8) is 0 Å². The standard InChI is InChI=1S/C18H21ClN2O2/c1-20-18(23)15-5-3-13(4-6-15)11-21(2)12-17(22)14-7-9-16(19)10-8-14/h3-10,17,22H,11-12H2,1-2H3,(H,20,23). The van der Waals surface area contributed by atoms with Crippen molar-refractivity contribution < 1.29 is 9.90 Å². The number of amides is 1. The summed E-state index contributed by atoms with van der Waals surface area (Å²) in [6, 6.07) is 14.7. The molecule has 2 aromatic rings. The lowest BCUT2D eigenvalue weighted by Gasteiger charge is -2.21. The van der Waals surface area contributed by atoms with Crippen molar-refractivity contribution in [1.82, 2.24) is 10.2 Å². The molecule has 0 fully saturated rings. The van der Waals surface area contributed by atoms with Gasteiger partial charge in [-0.05, 0) is 42.4 Å². The Kier molecular flexibility index (Phi) is 6.16. The van der Waals surface area contributed by atoms with E-state index < -0.39 is 6.10 Å². The highest BCUT2D eigenvalue weighted by Crippen LogP contribution is 2.18. The molecule has 0 bridgehead atoms. The number of carbonyl (C=O) groups excluding carboxylic acids is 1. The summed E-state index contributed by atoms with van der Waals surface area (Å²) >= 11 is 5.85. The summed E-state index contributed by atoms with van der Waals surface area (Å²) in [7, 11) is 3.56. The van der Waals surface area contributed by atoms with Crippen molar-refractivity contribution in [3.8, 4) is 0 Å². The summed E-state index contributed by atoms with van der Waals surface area (Å²) in [5.74, 6) is -0.0944. The molecule has 1 amide bonds. The Morgan fingerprint density at radius 1 is 1.17 bits per heavy atom. The van der Waals surface area contributed by atoms with E-state index in [0.29, 0.717) is 23.7 Å². The highest BCUT2D eigenvalue weighted by atomic mass is 35.5. The third-order valence-electron chi connectivity index (χ3n) is 3.64. The van der Waals surface area contributed by atoms with Gasteiger partial charge >= 0.3 is 0 Å². The van der Waals surface area contributed by atoms with Crippen LogP contribution >= 0.6 is 11.6 Å². The Labute approximate surface area is 141 Å². The number of carbonyl (C=O) groups is 1. The Morgan fingerprint density at radius 3 is 2.35 bits per heavy atom. The molecule has 4 nitrogen and oxygen atoms in total. The van der Waals surface area contributed by atoms with Crippen LogP contribution in [0.4, 0.5) is 0 Å². The second-order valence-electron chi connectivity index (χ2n) is 5.54. The minimum Gasteiger partial charge on any atom is -0.387 e. The molecule has 0 aliphatic rings. The Morgan fingerprint density at radius 2 is 1.78 bits per heavy atom. The molecule has 23 heavy (non-hydrogen) atoms. The van der Waals surface area contributed by atoms with Crippen LogP contribution in [0.3, 0.4) is 0 Å². The van der Waals surface area contributed by atoms with Gasteiger partial charge in [-0.2, -0.15) is 0 Å². The smallest absolute Gasteiger partial charge is 0.251 e. The quantitative estimate of drug-likeness (QED) is 0.855. The van der Waals surface area contributed by atoms with E-state index in [4.69, 9.17) is 11.6 Å². The van der Waals surface area contributed by atoms with Crippen molar-refractivity contribution in [1.29, 1.82) is 0 Å². The predicted octanol–water partition coefficient (Wildman–Crippen LogP) is 2.87. The minimum atomic E-state index is -0.567. The molecule has 1 atom stereocenters. The van der Waals surface area contributed by atoms with Crippen molar-refractivity contribution >= 4 is 17.5 Å². The average Bonchev–Trinajstić information content (AvgIpc) is 2.55. The van der Waals surface area contributed by atoms with Crippen LogP contribution in [0.2, 0.25) is 5.02 Å². The summed E-state index contributed by atoms with van der Waals surface area (Å²) in [5.41, 5.74) is 2.57. The summed E-state index contributed by atoms with van der Waals surface area (Å²) in [6.07, 6.45) is -0.567. The lowest BCUT2D eigenvalue weighted by Crippen LogP contribution is -2.24. The zero-order valence-corrected chi connectivity index (χ0v) is 14.0. The molecule has 122 valence electrons. The molecule has 2 aromatic carbocycles. The molecule has 0 radical (unpaired) electrons. The van der Waals surface area contributed by atoms with Gasteiger partial charge in [-0.15, -0.1) is 0 Å². The third-order valence-corrected chi connectivity index (χ3v) is 3.89. The molecular weight excluding hydrogens is 312 g/mol. The molecule has 0 aromatic heterocycles. The highest BCUT2D eigenvalue weighted by Gasteiger charge is 2.11. The summed E-state index contributed by atoms with van der Waals surface area (Å²) < 4.78 is 0. The van der Waals surface area contributed by atoms with Gasteiger partial charge in [-0.1, -0.05) is 35.9 Å². The van der Waals surface area contributed by atoms with Gasteiger partial charge in [0, 0.05) is 30.7 Å². The Bertz CT molecular complexity index is 641. The van der Waals surface area contributed by atoms with Crippen LogP contribution in [-0.4, -0.2) is 36.6 Å². The normalized spacial score (nSPS) is 12.2. The first kappa shape index (κ1) is 17.5. The first-order valence-electron chi connectivity index (χ1n) is 7.42. The van der Waals surface area contributed by atoms with E-state index in [1.807, 2.05) is 36.2 Å². The van der Waals surface area contributed by atoms with E-state index in [-0.39, 0.29) is 5.91 Å². The van der Waals surface area contributed by atoms with Crippen LogP contribution in [-0.2, 0) is 6.54 Å². The topological polar surface area (TPSA) is 52.6 Å². The number of benzene rings is 2. The number of rotatable bonds is 6. The van der Waals surface area contributed by atoms with Crippen LogP contribution in [0.25, 0.3) is 0 Å². The van der Waals surface area contributed by atoms with E-state index in [0.717, 1.165) is 11.1 Å². The van der Waals surface area contributed by atoms with Crippen LogP contribution < -0.4 is 5.32 Å². The van der Waals surface area contributed by atoms with Gasteiger partial charge in [0.05, 0.1) is 6.10 Å². The fraction of sp³-hybridized carbons (Fsp3) is 0.278. The lowest BCUT2D eigenvalue weighted by atomic mass is 10.1. The van der Waals surface area contributed by atoms with Gasteiger partial charge in [-0.3, -0.25) is 9.69 Å². The van der Waals surface area contributed by atoms with Crippen LogP contribution in [0.15, 0.2) is 48.5 Å². The Balaban J connectivity index is 1.92. The second kappa shape index (κ2) is 8.11. The van der Waals surface area contributed by atoms with Gasteiger partial charge < -0.3 is 10.4 Å². The second-order valence-corrected chi connectivity index (χ2v) is 5.98. The van der Waals surface area contributed by atoms with Crippen molar-refractivity contribution in [2.45, 2.75) is 12.6 Å². The SMILES string of the molecule is CNC(=O)c1ccc(CN(C)CC(O)c2ccc(Cl)cc2)cc1. The van der Waals surface area contributed by atoms with Crippen LogP contribution in [0.1, 0.15) is 27.6 Å². The number of hydrogen-bond donors (Lipinski definition) is 2. The number of aliphatic hydroxyl groups is 1. The van der Waals surface area contributed by atoms with Gasteiger partial charge in [0.2, 0.25) is 0 Å². The molecule has 5 heteroatoms. The van der Waals surface area contributed by atoms with Crippen LogP contribution in [0, 0.1) is 0 Å². The minimum absolute atomic E-state index is 0.0944. The van der Waals surface area contributed by atoms with Crippen molar-refractivity contribution in [2.75, 3.05) is 20.6 Å². The third kappa shape index (κ3) is 5.06. The maximum atomic E-state index is 11.5. The Hall–Kier alpha value is -1.88.